The maximum atomic E-state index is 11.0. The molecule has 2 aromatic rings. The van der Waals surface area contributed by atoms with E-state index in [0.29, 0.717) is 22.6 Å². The highest BCUT2D eigenvalue weighted by molar-refractivity contribution is 5.86. The van der Waals surface area contributed by atoms with Crippen molar-refractivity contribution in [3.8, 4) is 6.07 Å². The first-order valence-corrected chi connectivity index (χ1v) is 6.27. The molecule has 100 valence electrons. The normalized spacial score (nSPS) is 9.90. The van der Waals surface area contributed by atoms with Gasteiger partial charge in [0.1, 0.15) is 11.9 Å². The fraction of sp³-hybridized carbons (Fsp3) is 0.188. The Labute approximate surface area is 118 Å². The van der Waals surface area contributed by atoms with Crippen LogP contribution in [0.2, 0.25) is 0 Å². The number of benzene rings is 1. The van der Waals surface area contributed by atoms with Crippen LogP contribution in [0.3, 0.4) is 0 Å². The van der Waals surface area contributed by atoms with Crippen LogP contribution in [-0.2, 0) is 0 Å². The summed E-state index contributed by atoms with van der Waals surface area (Å²) in [6.45, 7) is 5.75. The molecule has 0 saturated heterocycles. The van der Waals surface area contributed by atoms with Crippen molar-refractivity contribution in [2.45, 2.75) is 20.8 Å². The molecule has 0 fully saturated rings. The molecule has 0 spiro atoms. The number of nitrogens with one attached hydrogen (secondary N) is 1. The molecular weight excluding hydrogens is 250 g/mol. The molecular formula is C16H15N3O. The third-order valence-corrected chi connectivity index (χ3v) is 3.45. The lowest BCUT2D eigenvalue weighted by atomic mass is 10.0. The molecule has 4 nitrogen and oxygen atoms in total. The number of aryl methyl sites for hydroxylation is 1. The summed E-state index contributed by atoms with van der Waals surface area (Å²) in [6, 6.07) is 9.30. The highest BCUT2D eigenvalue weighted by atomic mass is 16.1. The smallest absolute Gasteiger partial charge is 0.152 e. The summed E-state index contributed by atoms with van der Waals surface area (Å²) in [5, 5.41) is 12.4. The highest BCUT2D eigenvalue weighted by Crippen LogP contribution is 2.26. The molecule has 1 heterocycles. The summed E-state index contributed by atoms with van der Waals surface area (Å²) < 4.78 is 0. The third-order valence-electron chi connectivity index (χ3n) is 3.45. The molecule has 0 bridgehead atoms. The van der Waals surface area contributed by atoms with Crippen molar-refractivity contribution in [1.82, 2.24) is 4.98 Å². The van der Waals surface area contributed by atoms with Gasteiger partial charge in [-0.25, -0.2) is 4.98 Å². The van der Waals surface area contributed by atoms with Crippen molar-refractivity contribution >= 4 is 17.8 Å². The van der Waals surface area contributed by atoms with Crippen LogP contribution in [0.4, 0.5) is 11.5 Å². The second-order valence-electron chi connectivity index (χ2n) is 4.61. The molecule has 1 aromatic heterocycles. The highest BCUT2D eigenvalue weighted by Gasteiger charge is 2.13. The van der Waals surface area contributed by atoms with Gasteiger partial charge >= 0.3 is 0 Å². The largest absolute Gasteiger partial charge is 0.339 e. The molecule has 1 aromatic carbocycles. The monoisotopic (exact) mass is 265 g/mol. The van der Waals surface area contributed by atoms with Gasteiger partial charge in [0, 0.05) is 11.3 Å². The summed E-state index contributed by atoms with van der Waals surface area (Å²) in [7, 11) is 0. The lowest BCUT2D eigenvalue weighted by molar-refractivity contribution is 0.112. The molecule has 2 rings (SSSR count). The zero-order valence-electron chi connectivity index (χ0n) is 11.7. The van der Waals surface area contributed by atoms with Crippen molar-refractivity contribution in [3.05, 3.63) is 52.2 Å². The van der Waals surface area contributed by atoms with Gasteiger partial charge in [0.05, 0.1) is 11.3 Å². The van der Waals surface area contributed by atoms with Crippen molar-refractivity contribution in [2.75, 3.05) is 5.32 Å². The number of aromatic nitrogens is 1. The number of hydrogen-bond acceptors (Lipinski definition) is 4. The SMILES string of the molecule is Cc1nc(Nc2ccccc2C=O)c(C#N)c(C)c1C. The number of nitriles is 1. The van der Waals surface area contributed by atoms with E-state index in [9.17, 15) is 10.1 Å². The summed E-state index contributed by atoms with van der Waals surface area (Å²) in [4.78, 5) is 15.5. The van der Waals surface area contributed by atoms with E-state index in [-0.39, 0.29) is 0 Å². The van der Waals surface area contributed by atoms with Crippen LogP contribution in [-0.4, -0.2) is 11.3 Å². The van der Waals surface area contributed by atoms with Gasteiger partial charge in [0.25, 0.3) is 0 Å². The Morgan fingerprint density at radius 1 is 1.20 bits per heavy atom. The number of anilines is 2. The molecule has 1 N–H and O–H groups in total. The van der Waals surface area contributed by atoms with Gasteiger partial charge < -0.3 is 5.32 Å². The number of nitrogens with zero attached hydrogens (tertiary/aromatic N) is 2. The van der Waals surface area contributed by atoms with Crippen molar-refractivity contribution in [2.24, 2.45) is 0 Å². The first kappa shape index (κ1) is 13.8. The molecule has 0 amide bonds. The first-order valence-electron chi connectivity index (χ1n) is 6.27. The Morgan fingerprint density at radius 3 is 2.55 bits per heavy atom. The van der Waals surface area contributed by atoms with Crippen LogP contribution in [0.5, 0.6) is 0 Å². The minimum absolute atomic E-state index is 0.488. The predicted octanol–water partition coefficient (Wildman–Crippen LogP) is 3.43. The summed E-state index contributed by atoms with van der Waals surface area (Å²) >= 11 is 0. The van der Waals surface area contributed by atoms with E-state index in [1.54, 1.807) is 18.2 Å². The topological polar surface area (TPSA) is 65.8 Å². The van der Waals surface area contributed by atoms with Crippen LogP contribution in [0.25, 0.3) is 0 Å². The molecule has 0 radical (unpaired) electrons. The number of carbonyl (C=O) groups excluding carboxylic acids is 1. The van der Waals surface area contributed by atoms with Gasteiger partial charge in [-0.1, -0.05) is 12.1 Å². The van der Waals surface area contributed by atoms with E-state index in [0.717, 1.165) is 23.1 Å². The Kier molecular flexibility index (Phi) is 3.81. The molecule has 0 aliphatic rings. The summed E-state index contributed by atoms with van der Waals surface area (Å²) in [5.74, 6) is 0.488. The lowest BCUT2D eigenvalue weighted by Gasteiger charge is -2.14. The second-order valence-corrected chi connectivity index (χ2v) is 4.61. The van der Waals surface area contributed by atoms with Crippen LogP contribution in [0.15, 0.2) is 24.3 Å². The van der Waals surface area contributed by atoms with Crippen LogP contribution >= 0.6 is 0 Å². The van der Waals surface area contributed by atoms with Gasteiger partial charge in [-0.3, -0.25) is 4.79 Å². The van der Waals surface area contributed by atoms with E-state index in [4.69, 9.17) is 0 Å². The van der Waals surface area contributed by atoms with Crippen LogP contribution < -0.4 is 5.32 Å². The number of aldehydes is 1. The number of rotatable bonds is 3. The maximum absolute atomic E-state index is 11.0. The van der Waals surface area contributed by atoms with Gasteiger partial charge in [-0.15, -0.1) is 0 Å². The maximum Gasteiger partial charge on any atom is 0.152 e. The quantitative estimate of drug-likeness (QED) is 0.863. The van der Waals surface area contributed by atoms with Crippen molar-refractivity contribution in [1.29, 1.82) is 5.26 Å². The minimum Gasteiger partial charge on any atom is -0.339 e. The number of carbonyl (C=O) groups is 1. The average Bonchev–Trinajstić information content (AvgIpc) is 2.46. The number of para-hydroxylation sites is 1. The molecule has 0 saturated carbocycles. The zero-order chi connectivity index (χ0) is 14.7. The molecule has 0 aliphatic carbocycles. The Hall–Kier alpha value is -2.67. The number of pyridine rings is 1. The standard InChI is InChI=1S/C16H15N3O/c1-10-11(2)14(8-17)16(18-12(10)3)19-15-7-5-4-6-13(15)9-20/h4-7,9H,1-3H3,(H,18,19). The Morgan fingerprint density at radius 2 is 1.90 bits per heavy atom. The zero-order valence-corrected chi connectivity index (χ0v) is 11.7. The predicted molar refractivity (Wildman–Crippen MR) is 78.3 cm³/mol. The van der Waals surface area contributed by atoms with E-state index in [2.05, 4.69) is 16.4 Å². The molecule has 0 atom stereocenters. The molecule has 4 heteroatoms. The van der Waals surface area contributed by atoms with E-state index >= 15 is 0 Å². The Bertz CT molecular complexity index is 714. The average molecular weight is 265 g/mol. The van der Waals surface area contributed by atoms with Crippen molar-refractivity contribution in [3.63, 3.8) is 0 Å². The van der Waals surface area contributed by atoms with Gasteiger partial charge in [0.15, 0.2) is 6.29 Å². The third kappa shape index (κ3) is 2.39. The fourth-order valence-electron chi connectivity index (χ4n) is 2.01. The molecule has 20 heavy (non-hydrogen) atoms. The Balaban J connectivity index is 2.54. The number of hydrogen-bond donors (Lipinski definition) is 1. The lowest BCUT2D eigenvalue weighted by Crippen LogP contribution is -2.04. The van der Waals surface area contributed by atoms with Gasteiger partial charge in [-0.05, 0) is 44.0 Å². The summed E-state index contributed by atoms with van der Waals surface area (Å²) in [6.07, 6.45) is 0.780. The first-order chi connectivity index (χ1) is 9.58. The van der Waals surface area contributed by atoms with Gasteiger partial charge in [-0.2, -0.15) is 5.26 Å². The minimum atomic E-state index is 0.488. The van der Waals surface area contributed by atoms with Crippen LogP contribution in [0.1, 0.15) is 32.7 Å². The molecule has 0 aliphatic heterocycles. The second kappa shape index (κ2) is 5.54. The van der Waals surface area contributed by atoms with Crippen molar-refractivity contribution < 1.29 is 4.79 Å². The fourth-order valence-corrected chi connectivity index (χ4v) is 2.01. The van der Waals surface area contributed by atoms with E-state index < -0.39 is 0 Å². The van der Waals surface area contributed by atoms with E-state index in [1.807, 2.05) is 26.8 Å². The summed E-state index contributed by atoms with van der Waals surface area (Å²) in [5.41, 5.74) is 4.48. The molecule has 0 unspecified atom stereocenters. The van der Waals surface area contributed by atoms with E-state index in [1.165, 1.54) is 0 Å². The van der Waals surface area contributed by atoms with Gasteiger partial charge in [0.2, 0.25) is 0 Å². The van der Waals surface area contributed by atoms with Crippen LogP contribution in [0, 0.1) is 32.1 Å².